The summed E-state index contributed by atoms with van der Waals surface area (Å²) in [6, 6.07) is 7.62. The molecular formula is C24H26FN5O3. The van der Waals surface area contributed by atoms with Crippen LogP contribution in [0.15, 0.2) is 29.0 Å². The molecule has 1 spiro atoms. The highest BCUT2D eigenvalue weighted by Crippen LogP contribution is 2.43. The van der Waals surface area contributed by atoms with Crippen LogP contribution in [0.1, 0.15) is 57.7 Å². The smallest absolute Gasteiger partial charge is 0.417 e. The largest absolute Gasteiger partial charge is 0.441 e. The SMILES string of the molecule is CC(C)(C)c1noc(N2CC3(CCC[C@H](Cn4cnc5ccc(C#N)cc54)C3)OC2=O)c1F. The number of ether oxygens (including phenoxy) is 1. The van der Waals surface area contributed by atoms with E-state index in [4.69, 9.17) is 9.26 Å². The van der Waals surface area contributed by atoms with Gasteiger partial charge in [0, 0.05) is 12.0 Å². The van der Waals surface area contributed by atoms with Crippen molar-refractivity contribution < 1.29 is 18.4 Å². The van der Waals surface area contributed by atoms with Crippen LogP contribution < -0.4 is 4.90 Å². The zero-order valence-electron chi connectivity index (χ0n) is 19.0. The van der Waals surface area contributed by atoms with E-state index in [2.05, 4.69) is 20.8 Å². The van der Waals surface area contributed by atoms with E-state index >= 15 is 4.39 Å². The van der Waals surface area contributed by atoms with Crippen molar-refractivity contribution in [3.8, 4) is 6.07 Å². The van der Waals surface area contributed by atoms with Crippen molar-refractivity contribution in [3.63, 3.8) is 0 Å². The van der Waals surface area contributed by atoms with Crippen molar-refractivity contribution in [2.24, 2.45) is 5.92 Å². The number of benzene rings is 1. The minimum Gasteiger partial charge on any atom is -0.441 e. The first-order valence-electron chi connectivity index (χ1n) is 11.2. The topological polar surface area (TPSA) is 97.2 Å². The fourth-order valence-electron chi connectivity index (χ4n) is 5.07. The van der Waals surface area contributed by atoms with Gasteiger partial charge in [-0.3, -0.25) is 0 Å². The number of imidazole rings is 1. The van der Waals surface area contributed by atoms with E-state index in [9.17, 15) is 10.1 Å². The highest BCUT2D eigenvalue weighted by Gasteiger charge is 2.50. The summed E-state index contributed by atoms with van der Waals surface area (Å²) in [5, 5.41) is 13.1. The number of fused-ring (bicyclic) bond motifs is 1. The zero-order valence-corrected chi connectivity index (χ0v) is 19.0. The van der Waals surface area contributed by atoms with Crippen molar-refractivity contribution in [1.29, 1.82) is 5.26 Å². The van der Waals surface area contributed by atoms with Crippen LogP contribution >= 0.6 is 0 Å². The third-order valence-corrected chi connectivity index (χ3v) is 6.66. The van der Waals surface area contributed by atoms with Crippen LogP contribution in [0, 0.1) is 23.1 Å². The molecule has 2 aromatic heterocycles. The molecule has 8 nitrogen and oxygen atoms in total. The summed E-state index contributed by atoms with van der Waals surface area (Å²) in [4.78, 5) is 18.4. The second-order valence-electron chi connectivity index (χ2n) is 10.2. The molecule has 1 aliphatic heterocycles. The van der Waals surface area contributed by atoms with Gasteiger partial charge in [0.1, 0.15) is 11.3 Å². The highest BCUT2D eigenvalue weighted by atomic mass is 19.1. The number of carbonyl (C=O) groups is 1. The third kappa shape index (κ3) is 3.73. The van der Waals surface area contributed by atoms with Gasteiger partial charge in [-0.25, -0.2) is 14.7 Å². The number of hydrogen-bond acceptors (Lipinski definition) is 6. The average molecular weight is 452 g/mol. The molecule has 2 fully saturated rings. The molecule has 0 N–H and O–H groups in total. The van der Waals surface area contributed by atoms with E-state index < -0.39 is 22.9 Å². The Morgan fingerprint density at radius 3 is 2.91 bits per heavy atom. The summed E-state index contributed by atoms with van der Waals surface area (Å²) in [5.41, 5.74) is 1.31. The van der Waals surface area contributed by atoms with Crippen molar-refractivity contribution >= 4 is 23.0 Å². The van der Waals surface area contributed by atoms with Gasteiger partial charge in [0.05, 0.1) is 35.5 Å². The Bertz CT molecular complexity index is 1270. The molecule has 1 unspecified atom stereocenters. The zero-order chi connectivity index (χ0) is 23.4. The Morgan fingerprint density at radius 1 is 1.36 bits per heavy atom. The molecule has 1 amide bonds. The quantitative estimate of drug-likeness (QED) is 0.561. The number of nitrogens with zero attached hydrogens (tertiary/aromatic N) is 5. The van der Waals surface area contributed by atoms with E-state index in [1.807, 2.05) is 32.9 Å². The van der Waals surface area contributed by atoms with Crippen LogP contribution in [-0.2, 0) is 16.7 Å². The number of rotatable bonds is 3. The van der Waals surface area contributed by atoms with Gasteiger partial charge in [-0.15, -0.1) is 0 Å². The molecule has 2 aliphatic rings. The van der Waals surface area contributed by atoms with Crippen LogP contribution in [0.25, 0.3) is 11.0 Å². The van der Waals surface area contributed by atoms with Gasteiger partial charge < -0.3 is 13.8 Å². The molecule has 1 aliphatic carbocycles. The molecule has 3 aromatic rings. The number of halogens is 1. The second kappa shape index (κ2) is 7.58. The van der Waals surface area contributed by atoms with E-state index in [-0.39, 0.29) is 24.0 Å². The molecule has 0 bridgehead atoms. The lowest BCUT2D eigenvalue weighted by Gasteiger charge is -2.36. The number of anilines is 1. The molecule has 5 rings (SSSR count). The number of nitriles is 1. The first-order valence-corrected chi connectivity index (χ1v) is 11.2. The van der Waals surface area contributed by atoms with Crippen molar-refractivity contribution in [3.05, 3.63) is 41.6 Å². The summed E-state index contributed by atoms with van der Waals surface area (Å²) in [6.45, 7) is 6.46. The number of aromatic nitrogens is 3. The van der Waals surface area contributed by atoms with Crippen molar-refractivity contribution in [1.82, 2.24) is 14.7 Å². The minimum atomic E-state index is -0.685. The Kier molecular flexibility index (Phi) is 4.92. The molecule has 9 heteroatoms. The number of amides is 1. The lowest BCUT2D eigenvalue weighted by molar-refractivity contribution is 0.00438. The Labute approximate surface area is 190 Å². The predicted molar refractivity (Wildman–Crippen MR) is 118 cm³/mol. The molecule has 172 valence electrons. The fourth-order valence-corrected chi connectivity index (χ4v) is 5.07. The third-order valence-electron chi connectivity index (χ3n) is 6.66. The first-order chi connectivity index (χ1) is 15.7. The predicted octanol–water partition coefficient (Wildman–Crippen LogP) is 4.92. The molecule has 1 aromatic carbocycles. The maximum absolute atomic E-state index is 15.0. The highest BCUT2D eigenvalue weighted by molar-refractivity contribution is 5.89. The molecule has 0 radical (unpaired) electrons. The number of carbonyl (C=O) groups excluding carboxylic acids is 1. The molecule has 1 saturated heterocycles. The van der Waals surface area contributed by atoms with Gasteiger partial charge >= 0.3 is 6.09 Å². The number of hydrogen-bond donors (Lipinski definition) is 0. The van der Waals surface area contributed by atoms with Gasteiger partial charge in [0.15, 0.2) is 0 Å². The van der Waals surface area contributed by atoms with Crippen LogP contribution in [-0.4, -0.2) is 32.9 Å². The summed E-state index contributed by atoms with van der Waals surface area (Å²) >= 11 is 0. The summed E-state index contributed by atoms with van der Waals surface area (Å²) in [5.74, 6) is -0.532. The first kappa shape index (κ1) is 21.4. The van der Waals surface area contributed by atoms with Crippen LogP contribution in [0.2, 0.25) is 0 Å². The lowest BCUT2D eigenvalue weighted by atomic mass is 9.78. The van der Waals surface area contributed by atoms with Gasteiger partial charge in [-0.2, -0.15) is 9.65 Å². The van der Waals surface area contributed by atoms with Crippen molar-refractivity contribution in [2.45, 2.75) is 64.0 Å². The van der Waals surface area contributed by atoms with Crippen LogP contribution in [0.4, 0.5) is 15.1 Å². The average Bonchev–Trinajstić information content (AvgIpc) is 3.43. The summed E-state index contributed by atoms with van der Waals surface area (Å²) in [7, 11) is 0. The molecular weight excluding hydrogens is 425 g/mol. The second-order valence-corrected chi connectivity index (χ2v) is 10.2. The maximum atomic E-state index is 15.0. The Balaban J connectivity index is 1.35. The van der Waals surface area contributed by atoms with E-state index in [1.54, 1.807) is 12.4 Å². The summed E-state index contributed by atoms with van der Waals surface area (Å²) in [6.07, 6.45) is 4.46. The molecule has 2 atom stereocenters. The normalized spacial score (nSPS) is 23.3. The minimum absolute atomic E-state index is 0.173. The van der Waals surface area contributed by atoms with Crippen LogP contribution in [0.3, 0.4) is 0 Å². The molecule has 1 saturated carbocycles. The van der Waals surface area contributed by atoms with Crippen molar-refractivity contribution in [2.75, 3.05) is 11.4 Å². The van der Waals surface area contributed by atoms with E-state index in [0.29, 0.717) is 18.5 Å². The lowest BCUT2D eigenvalue weighted by Crippen LogP contribution is -2.40. The molecule has 33 heavy (non-hydrogen) atoms. The van der Waals surface area contributed by atoms with Gasteiger partial charge in [0.2, 0.25) is 5.82 Å². The summed E-state index contributed by atoms with van der Waals surface area (Å²) < 4.78 is 28.2. The monoisotopic (exact) mass is 451 g/mol. The van der Waals surface area contributed by atoms with Gasteiger partial charge in [-0.05, 0) is 49.8 Å². The van der Waals surface area contributed by atoms with E-state index in [0.717, 1.165) is 30.3 Å². The van der Waals surface area contributed by atoms with Gasteiger partial charge in [-0.1, -0.05) is 25.9 Å². The maximum Gasteiger partial charge on any atom is 0.417 e. The van der Waals surface area contributed by atoms with Gasteiger partial charge in [0.25, 0.3) is 5.88 Å². The van der Waals surface area contributed by atoms with E-state index in [1.165, 1.54) is 4.90 Å². The Hall–Kier alpha value is -3.41. The standard InChI is InChI=1S/C24H26FN5O3/c1-23(2,3)20-19(25)21(33-28-20)30-13-24(32-22(30)31)8-4-5-16(10-24)12-29-14-27-17-7-6-15(11-26)9-18(17)29/h6-7,9,14,16H,4-5,8,10,12-13H2,1-3H3/t16-,24?/m0/s1. The molecule has 3 heterocycles. The van der Waals surface area contributed by atoms with Crippen LogP contribution in [0.5, 0.6) is 0 Å². The fraction of sp³-hybridized carbons (Fsp3) is 0.500. The Morgan fingerprint density at radius 2 is 2.18 bits per heavy atom.